The number of unbranched alkanes of at least 4 members (excludes halogenated alkanes) is 2. The summed E-state index contributed by atoms with van der Waals surface area (Å²) in [4.78, 5) is 34.8. The van der Waals surface area contributed by atoms with Crippen molar-refractivity contribution in [2.75, 3.05) is 12.3 Å². The van der Waals surface area contributed by atoms with Crippen LogP contribution in [0.3, 0.4) is 0 Å². The number of nitrogens with zero attached hydrogens (tertiary/aromatic N) is 5. The summed E-state index contributed by atoms with van der Waals surface area (Å²) in [6, 6.07) is 2.30. The maximum atomic E-state index is 14.6. The van der Waals surface area contributed by atoms with Crippen LogP contribution in [0.25, 0.3) is 22.3 Å². The van der Waals surface area contributed by atoms with Crippen LogP contribution in [0.15, 0.2) is 46.6 Å². The first-order valence-electron chi connectivity index (χ1n) is 11.9. The van der Waals surface area contributed by atoms with Gasteiger partial charge in [-0.25, -0.2) is 33.2 Å². The van der Waals surface area contributed by atoms with E-state index >= 15 is 0 Å². The van der Waals surface area contributed by atoms with Gasteiger partial charge in [0.15, 0.2) is 5.82 Å². The lowest BCUT2D eigenvalue weighted by molar-refractivity contribution is -0.138. The molecule has 226 valence electrons. The third-order valence-electron chi connectivity index (χ3n) is 5.53. The number of halogens is 8. The van der Waals surface area contributed by atoms with E-state index in [9.17, 15) is 44.7 Å². The molecular formula is C24H21F8N7O3. The zero-order chi connectivity index (χ0) is 31.0. The Hall–Kier alpha value is -4.48. The molecular weight excluding hydrogens is 586 g/mol. The molecule has 0 radical (unpaired) electrons. The molecule has 0 unspecified atom stereocenters. The van der Waals surface area contributed by atoms with Crippen LogP contribution < -0.4 is 16.9 Å². The van der Waals surface area contributed by atoms with E-state index in [4.69, 9.17) is 5.73 Å². The number of aryl methyl sites for hydroxylation is 1. The van der Waals surface area contributed by atoms with Crippen LogP contribution in [0.1, 0.15) is 36.8 Å². The summed E-state index contributed by atoms with van der Waals surface area (Å²) in [6.07, 6.45) is -2.09. The number of fused-ring (bicyclic) bond motifs is 1. The SMILES string of the molecule is Nc1cn[nH]c(=O)c1C(F)(F)F.O=c1c2cc(F)c(-c3ncc(C(F)F)cn3)cc2ncn1CCCCCOC(F)F. The fourth-order valence-electron chi connectivity index (χ4n) is 3.54. The van der Waals surface area contributed by atoms with Crippen LogP contribution in [-0.4, -0.2) is 42.9 Å². The average molecular weight is 607 g/mol. The average Bonchev–Trinajstić information content (AvgIpc) is 2.91. The van der Waals surface area contributed by atoms with Gasteiger partial charge in [-0.1, -0.05) is 0 Å². The van der Waals surface area contributed by atoms with Crippen LogP contribution in [0.5, 0.6) is 0 Å². The van der Waals surface area contributed by atoms with Gasteiger partial charge in [0.2, 0.25) is 0 Å². The monoisotopic (exact) mass is 607 g/mol. The summed E-state index contributed by atoms with van der Waals surface area (Å²) in [5.41, 5.74) is 0.796. The maximum Gasteiger partial charge on any atom is 0.423 e. The molecule has 0 saturated carbocycles. The van der Waals surface area contributed by atoms with Gasteiger partial charge < -0.3 is 10.5 Å². The smallest absolute Gasteiger partial charge is 0.397 e. The number of anilines is 1. The molecule has 0 amide bonds. The van der Waals surface area contributed by atoms with E-state index in [2.05, 4.69) is 24.8 Å². The largest absolute Gasteiger partial charge is 0.423 e. The Morgan fingerprint density at radius 1 is 0.976 bits per heavy atom. The number of benzene rings is 1. The summed E-state index contributed by atoms with van der Waals surface area (Å²) in [7, 11) is 0. The van der Waals surface area contributed by atoms with Crippen LogP contribution in [-0.2, 0) is 17.5 Å². The predicted octanol–water partition coefficient (Wildman–Crippen LogP) is 4.71. The van der Waals surface area contributed by atoms with Gasteiger partial charge in [-0.15, -0.1) is 0 Å². The number of aromatic nitrogens is 6. The normalized spacial score (nSPS) is 11.7. The van der Waals surface area contributed by atoms with Crippen molar-refractivity contribution in [2.24, 2.45) is 0 Å². The van der Waals surface area contributed by atoms with Gasteiger partial charge >= 0.3 is 12.8 Å². The van der Waals surface area contributed by atoms with Gasteiger partial charge in [-0.05, 0) is 31.4 Å². The van der Waals surface area contributed by atoms with Crippen LogP contribution in [0.4, 0.5) is 40.8 Å². The number of rotatable bonds is 9. The fraction of sp³-hybridized carbons (Fsp3) is 0.333. The molecule has 0 atom stereocenters. The van der Waals surface area contributed by atoms with Gasteiger partial charge in [-0.3, -0.25) is 14.2 Å². The molecule has 0 aliphatic rings. The second-order valence-corrected chi connectivity index (χ2v) is 8.45. The quantitative estimate of drug-likeness (QED) is 0.206. The van der Waals surface area contributed by atoms with Crippen molar-refractivity contribution in [3.05, 3.63) is 74.7 Å². The number of hydrogen-bond acceptors (Lipinski definition) is 8. The number of alkyl halides is 7. The first kappa shape index (κ1) is 32.0. The van der Waals surface area contributed by atoms with E-state index in [1.165, 1.54) is 17.0 Å². The van der Waals surface area contributed by atoms with Crippen molar-refractivity contribution in [3.8, 4) is 11.4 Å². The number of nitrogens with one attached hydrogen (secondary N) is 1. The second-order valence-electron chi connectivity index (χ2n) is 8.45. The Morgan fingerprint density at radius 3 is 2.24 bits per heavy atom. The van der Waals surface area contributed by atoms with Crippen molar-refractivity contribution < 1.29 is 39.9 Å². The minimum absolute atomic E-state index is 0.0454. The highest BCUT2D eigenvalue weighted by Gasteiger charge is 2.36. The lowest BCUT2D eigenvalue weighted by Crippen LogP contribution is -2.24. The molecule has 3 N–H and O–H groups in total. The van der Waals surface area contributed by atoms with Crippen LogP contribution in [0, 0.1) is 5.82 Å². The van der Waals surface area contributed by atoms with Gasteiger partial charge in [0.25, 0.3) is 17.5 Å². The number of hydrogen-bond donors (Lipinski definition) is 2. The third kappa shape index (κ3) is 8.27. The summed E-state index contributed by atoms with van der Waals surface area (Å²) in [5.74, 6) is -0.885. The van der Waals surface area contributed by atoms with E-state index in [1.54, 1.807) is 5.10 Å². The number of ether oxygens (including phenoxy) is 1. The molecule has 0 fully saturated rings. The Labute approximate surface area is 230 Å². The molecule has 3 heterocycles. The molecule has 0 bridgehead atoms. The molecule has 4 rings (SSSR count). The van der Waals surface area contributed by atoms with E-state index in [-0.39, 0.29) is 41.0 Å². The fourth-order valence-corrected chi connectivity index (χ4v) is 3.54. The lowest BCUT2D eigenvalue weighted by atomic mass is 10.1. The highest BCUT2D eigenvalue weighted by molar-refractivity contribution is 5.82. The van der Waals surface area contributed by atoms with Crippen LogP contribution >= 0.6 is 0 Å². The van der Waals surface area contributed by atoms with Gasteiger partial charge in [0.1, 0.15) is 11.4 Å². The van der Waals surface area contributed by atoms with E-state index in [0.29, 0.717) is 19.3 Å². The zero-order valence-corrected chi connectivity index (χ0v) is 21.2. The molecule has 42 heavy (non-hydrogen) atoms. The molecule has 1 aromatic carbocycles. The minimum atomic E-state index is -4.74. The molecule has 4 aromatic rings. The molecule has 0 spiro atoms. The minimum Gasteiger partial charge on any atom is -0.397 e. The molecule has 0 aliphatic heterocycles. The molecule has 18 heteroatoms. The summed E-state index contributed by atoms with van der Waals surface area (Å²) >= 11 is 0. The lowest BCUT2D eigenvalue weighted by Gasteiger charge is -2.09. The van der Waals surface area contributed by atoms with Crippen molar-refractivity contribution in [1.82, 2.24) is 29.7 Å². The zero-order valence-electron chi connectivity index (χ0n) is 21.2. The topological polar surface area (TPSA) is 142 Å². The predicted molar refractivity (Wildman–Crippen MR) is 132 cm³/mol. The number of nitrogen functional groups attached to an aromatic ring is 1. The first-order valence-corrected chi connectivity index (χ1v) is 11.9. The first-order chi connectivity index (χ1) is 19.8. The third-order valence-corrected chi connectivity index (χ3v) is 5.53. The van der Waals surface area contributed by atoms with E-state index in [0.717, 1.165) is 24.7 Å². The van der Waals surface area contributed by atoms with Crippen molar-refractivity contribution in [2.45, 2.75) is 45.0 Å². The summed E-state index contributed by atoms with van der Waals surface area (Å²) in [5, 5.41) is 4.78. The number of aromatic amines is 1. The number of nitrogens with two attached hydrogens (primary N) is 1. The summed E-state index contributed by atoms with van der Waals surface area (Å²) in [6.45, 7) is -2.58. The van der Waals surface area contributed by atoms with Gasteiger partial charge in [-0.2, -0.15) is 27.1 Å². The van der Waals surface area contributed by atoms with E-state index < -0.39 is 47.4 Å². The highest BCUT2D eigenvalue weighted by atomic mass is 19.4. The Balaban J connectivity index is 0.000000337. The van der Waals surface area contributed by atoms with Crippen LogP contribution in [0.2, 0.25) is 0 Å². The Bertz CT molecular complexity index is 1610. The maximum absolute atomic E-state index is 14.6. The molecule has 3 aromatic heterocycles. The molecule has 10 nitrogen and oxygen atoms in total. The number of H-pyrrole nitrogens is 1. The second kappa shape index (κ2) is 13.9. The molecule has 0 saturated heterocycles. The summed E-state index contributed by atoms with van der Waals surface area (Å²) < 4.78 is 105. The standard InChI is InChI=1S/C19H17F5N4O2.C5H4F3N3O/c20-14-6-13-15(7-12(14)17-25-8-11(9-26-17)16(21)22)27-10-28(18(13)29)4-2-1-3-5-30-19(23)24;6-5(7,8)3-2(9)1-10-11-4(3)12/h6-10,16,19H,1-5H2;1H,(H3,9,11,12). The van der Waals surface area contributed by atoms with Gasteiger partial charge in [0, 0.05) is 18.9 Å². The van der Waals surface area contributed by atoms with E-state index in [1.807, 2.05) is 0 Å². The molecule has 0 aliphatic carbocycles. The van der Waals surface area contributed by atoms with Crippen molar-refractivity contribution in [1.29, 1.82) is 0 Å². The Kier molecular flexibility index (Phi) is 10.6. The Morgan fingerprint density at radius 2 is 1.67 bits per heavy atom. The highest BCUT2D eigenvalue weighted by Crippen LogP contribution is 2.29. The van der Waals surface area contributed by atoms with Crippen molar-refractivity contribution >= 4 is 16.6 Å². The van der Waals surface area contributed by atoms with Crippen molar-refractivity contribution in [3.63, 3.8) is 0 Å². The van der Waals surface area contributed by atoms with Gasteiger partial charge in [0.05, 0.1) is 46.8 Å².